The molecule has 0 spiro atoms. The second kappa shape index (κ2) is 9.13. The fourth-order valence-corrected chi connectivity index (χ4v) is 3.40. The van der Waals surface area contributed by atoms with Gasteiger partial charge in [0.25, 0.3) is 0 Å². The van der Waals surface area contributed by atoms with Gasteiger partial charge < -0.3 is 15.1 Å². The summed E-state index contributed by atoms with van der Waals surface area (Å²) in [7, 11) is 2.13. The lowest BCUT2D eigenvalue weighted by molar-refractivity contribution is 0.360. The van der Waals surface area contributed by atoms with E-state index >= 15 is 0 Å². The van der Waals surface area contributed by atoms with Crippen molar-refractivity contribution in [2.24, 2.45) is 4.99 Å². The summed E-state index contributed by atoms with van der Waals surface area (Å²) in [5, 5.41) is 3.20. The summed E-state index contributed by atoms with van der Waals surface area (Å²) in [6.45, 7) is 6.48. The van der Waals surface area contributed by atoms with Gasteiger partial charge in [-0.15, -0.1) is 0 Å². The van der Waals surface area contributed by atoms with Gasteiger partial charge in [0.2, 0.25) is 11.9 Å². The van der Waals surface area contributed by atoms with Gasteiger partial charge in [0.05, 0.1) is 6.54 Å². The molecule has 0 aliphatic carbocycles. The van der Waals surface area contributed by atoms with Crippen LogP contribution < -0.4 is 10.2 Å². The topological polar surface area (TPSA) is 69.5 Å². The Kier molecular flexibility index (Phi) is 6.13. The number of aromatic nitrogens is 3. The smallest absolute Gasteiger partial charge is 0.233 e. The van der Waals surface area contributed by atoms with Crippen molar-refractivity contribution in [3.8, 4) is 0 Å². The van der Waals surface area contributed by atoms with Gasteiger partial charge in [-0.05, 0) is 62.4 Å². The third-order valence-corrected chi connectivity index (χ3v) is 5.04. The van der Waals surface area contributed by atoms with Crippen molar-refractivity contribution < 1.29 is 4.39 Å². The number of amidine groups is 1. The van der Waals surface area contributed by atoms with Crippen molar-refractivity contribution in [3.63, 3.8) is 0 Å². The summed E-state index contributed by atoms with van der Waals surface area (Å²) in [6, 6.07) is 6.42. The van der Waals surface area contributed by atoms with Crippen LogP contribution in [0.15, 0.2) is 40.9 Å². The number of hydrogen-bond acceptors (Lipinski definition) is 7. The summed E-state index contributed by atoms with van der Waals surface area (Å²) >= 11 is 0. The van der Waals surface area contributed by atoms with E-state index in [1.165, 1.54) is 17.7 Å². The molecule has 30 heavy (non-hydrogen) atoms. The summed E-state index contributed by atoms with van der Waals surface area (Å²) in [5.41, 5.74) is 1.94. The number of anilines is 2. The molecule has 2 aliphatic heterocycles. The summed E-state index contributed by atoms with van der Waals surface area (Å²) in [5.74, 6) is 2.09. The minimum absolute atomic E-state index is 0.272. The molecule has 2 aliphatic rings. The second-order valence-corrected chi connectivity index (χ2v) is 7.67. The van der Waals surface area contributed by atoms with Crippen molar-refractivity contribution in [2.45, 2.75) is 13.3 Å². The quantitative estimate of drug-likeness (QED) is 0.840. The van der Waals surface area contributed by atoms with E-state index in [1.807, 2.05) is 19.1 Å². The molecule has 156 valence electrons. The van der Waals surface area contributed by atoms with Crippen LogP contribution in [0.2, 0.25) is 0 Å². The Morgan fingerprint density at radius 1 is 1.07 bits per heavy atom. The molecule has 0 amide bonds. The molecular weight excluding hydrogens is 381 g/mol. The third-order valence-electron chi connectivity index (χ3n) is 5.04. The molecule has 1 aromatic carbocycles. The van der Waals surface area contributed by atoms with Gasteiger partial charge in [0, 0.05) is 19.6 Å². The number of halogens is 1. The standard InChI is InChI=1S/C22H26FN7/c1-16-13-20(24-15-16)26-21-25-19(8-7-17-5-3-6-18(23)14-17)27-22(28-21)30-10-4-9-29(2)11-12-30/h3,5-8,13-14H,4,9-12,15H2,1-2H3,(H,24,25,26,27,28)/b8-7+. The first-order chi connectivity index (χ1) is 14.5. The van der Waals surface area contributed by atoms with E-state index in [0.29, 0.717) is 24.3 Å². The van der Waals surface area contributed by atoms with Gasteiger partial charge >= 0.3 is 0 Å². The number of likely N-dealkylation sites (N-methyl/N-ethyl adjacent to an activating group) is 1. The normalized spacial score (nSPS) is 17.8. The molecule has 4 rings (SSSR count). The molecule has 0 bridgehead atoms. The summed E-state index contributed by atoms with van der Waals surface area (Å²) < 4.78 is 13.5. The maximum Gasteiger partial charge on any atom is 0.233 e. The maximum atomic E-state index is 13.5. The largest absolute Gasteiger partial charge is 0.339 e. The Morgan fingerprint density at radius 2 is 1.97 bits per heavy atom. The number of hydrogen-bond donors (Lipinski definition) is 1. The highest BCUT2D eigenvalue weighted by atomic mass is 19.1. The SMILES string of the molecule is CC1=CC(Nc2nc(/C=C/c3cccc(F)c3)nc(N3CCCN(C)CC3)n2)=NC1. The van der Waals surface area contributed by atoms with Crippen molar-refractivity contribution >= 4 is 29.9 Å². The van der Waals surface area contributed by atoms with Gasteiger partial charge in [-0.1, -0.05) is 18.2 Å². The van der Waals surface area contributed by atoms with E-state index in [0.717, 1.165) is 44.0 Å². The lowest BCUT2D eigenvalue weighted by Gasteiger charge is -2.21. The molecule has 8 heteroatoms. The fraction of sp³-hybridized carbons (Fsp3) is 0.364. The number of nitrogens with one attached hydrogen (secondary N) is 1. The number of rotatable bonds is 4. The average molecular weight is 407 g/mol. The zero-order valence-electron chi connectivity index (χ0n) is 17.3. The number of nitrogens with zero attached hydrogens (tertiary/aromatic N) is 6. The number of benzene rings is 1. The first-order valence-corrected chi connectivity index (χ1v) is 10.2. The Balaban J connectivity index is 1.63. The molecule has 1 N–H and O–H groups in total. The number of aliphatic imine (C=N–C) groups is 1. The van der Waals surface area contributed by atoms with Crippen LogP contribution in [0, 0.1) is 5.82 Å². The maximum absolute atomic E-state index is 13.5. The van der Waals surface area contributed by atoms with Crippen LogP contribution in [-0.4, -0.2) is 65.5 Å². The van der Waals surface area contributed by atoms with Crippen LogP contribution in [0.5, 0.6) is 0 Å². The molecule has 0 radical (unpaired) electrons. The fourth-order valence-electron chi connectivity index (χ4n) is 3.40. The van der Waals surface area contributed by atoms with Gasteiger partial charge in [-0.25, -0.2) is 4.39 Å². The molecule has 3 heterocycles. The van der Waals surface area contributed by atoms with Crippen LogP contribution in [0.25, 0.3) is 12.2 Å². The minimum atomic E-state index is -0.272. The Labute approximate surface area is 176 Å². The van der Waals surface area contributed by atoms with Crippen molar-refractivity contribution in [3.05, 3.63) is 53.1 Å². The highest BCUT2D eigenvalue weighted by Crippen LogP contribution is 2.16. The molecule has 1 saturated heterocycles. The predicted octanol–water partition coefficient (Wildman–Crippen LogP) is 3.09. The molecule has 2 aromatic rings. The molecular formula is C22H26FN7. The van der Waals surface area contributed by atoms with Crippen molar-refractivity contribution in [1.82, 2.24) is 19.9 Å². The molecule has 1 aromatic heterocycles. The molecule has 1 fully saturated rings. The van der Waals surface area contributed by atoms with Gasteiger partial charge in [-0.3, -0.25) is 4.99 Å². The monoisotopic (exact) mass is 407 g/mol. The van der Waals surface area contributed by atoms with Crippen LogP contribution in [0.3, 0.4) is 0 Å². The lowest BCUT2D eigenvalue weighted by Crippen LogP contribution is -2.30. The van der Waals surface area contributed by atoms with E-state index in [4.69, 9.17) is 0 Å². The zero-order valence-corrected chi connectivity index (χ0v) is 17.3. The van der Waals surface area contributed by atoms with Crippen molar-refractivity contribution in [1.29, 1.82) is 0 Å². The molecule has 0 saturated carbocycles. The summed E-state index contributed by atoms with van der Waals surface area (Å²) in [6.07, 6.45) is 6.63. The van der Waals surface area contributed by atoms with Crippen LogP contribution in [-0.2, 0) is 0 Å². The van der Waals surface area contributed by atoms with Gasteiger partial charge in [0.1, 0.15) is 11.7 Å². The Hall–Kier alpha value is -3.13. The van der Waals surface area contributed by atoms with Gasteiger partial charge in [0.15, 0.2) is 5.82 Å². The lowest BCUT2D eigenvalue weighted by atomic mass is 10.2. The summed E-state index contributed by atoms with van der Waals surface area (Å²) in [4.78, 5) is 22.8. The van der Waals surface area contributed by atoms with Crippen LogP contribution in [0.1, 0.15) is 24.7 Å². The first-order valence-electron chi connectivity index (χ1n) is 10.2. The predicted molar refractivity (Wildman–Crippen MR) is 119 cm³/mol. The average Bonchev–Trinajstić information content (AvgIpc) is 3.00. The van der Waals surface area contributed by atoms with E-state index in [9.17, 15) is 4.39 Å². The second-order valence-electron chi connectivity index (χ2n) is 7.67. The minimum Gasteiger partial charge on any atom is -0.339 e. The van der Waals surface area contributed by atoms with Gasteiger partial charge in [-0.2, -0.15) is 15.0 Å². The van der Waals surface area contributed by atoms with Crippen molar-refractivity contribution in [2.75, 3.05) is 50.0 Å². The van der Waals surface area contributed by atoms with E-state index in [2.05, 4.69) is 42.1 Å². The Morgan fingerprint density at radius 3 is 2.77 bits per heavy atom. The first kappa shape index (κ1) is 20.2. The highest BCUT2D eigenvalue weighted by molar-refractivity contribution is 6.04. The molecule has 7 nitrogen and oxygen atoms in total. The van der Waals surface area contributed by atoms with E-state index in [1.54, 1.807) is 18.2 Å². The van der Waals surface area contributed by atoms with E-state index in [-0.39, 0.29) is 5.82 Å². The molecule has 0 atom stereocenters. The zero-order chi connectivity index (χ0) is 20.9. The Bertz CT molecular complexity index is 999. The molecule has 0 unspecified atom stereocenters. The van der Waals surface area contributed by atoms with Crippen LogP contribution in [0.4, 0.5) is 16.3 Å². The van der Waals surface area contributed by atoms with Crippen LogP contribution >= 0.6 is 0 Å². The highest BCUT2D eigenvalue weighted by Gasteiger charge is 2.17. The third kappa shape index (κ3) is 5.27. The van der Waals surface area contributed by atoms with E-state index < -0.39 is 0 Å².